The minimum atomic E-state index is -0.666. The molecule has 1 amide bonds. The summed E-state index contributed by atoms with van der Waals surface area (Å²) in [4.78, 5) is 24.7. The zero-order valence-electron chi connectivity index (χ0n) is 56.9. The summed E-state index contributed by atoms with van der Waals surface area (Å²) in [5, 5.41) is 23.4. The molecule has 0 aliphatic rings. The Morgan fingerprint density at radius 3 is 0.929 bits per heavy atom. The maximum Gasteiger partial charge on any atom is 0.305 e. The Kier molecular flexibility index (Phi) is 71.9. The molecule has 0 aromatic heterocycles. The average molecular weight is 1180 g/mol. The maximum absolute atomic E-state index is 12.6. The Balaban J connectivity index is 3.38. The van der Waals surface area contributed by atoms with Crippen LogP contribution in [0.3, 0.4) is 0 Å². The van der Waals surface area contributed by atoms with E-state index in [-0.39, 0.29) is 18.5 Å². The molecule has 6 heteroatoms. The molecule has 0 radical (unpaired) electrons. The van der Waals surface area contributed by atoms with Gasteiger partial charge < -0.3 is 20.3 Å². The normalized spacial score (nSPS) is 12.7. The van der Waals surface area contributed by atoms with Crippen molar-refractivity contribution in [1.29, 1.82) is 0 Å². The molecule has 2 unspecified atom stereocenters. The van der Waals surface area contributed by atoms with Crippen LogP contribution in [-0.2, 0) is 14.3 Å². The third-order valence-electron chi connectivity index (χ3n) is 17.9. The number of unbranched alkanes of at least 4 members (excludes halogenated alkanes) is 55. The number of allylic oxidation sites excluding steroid dienone is 6. The van der Waals surface area contributed by atoms with Gasteiger partial charge in [-0.25, -0.2) is 0 Å². The zero-order chi connectivity index (χ0) is 60.6. The van der Waals surface area contributed by atoms with Gasteiger partial charge in [0.15, 0.2) is 0 Å². The van der Waals surface area contributed by atoms with Gasteiger partial charge in [-0.15, -0.1) is 0 Å². The van der Waals surface area contributed by atoms with Gasteiger partial charge in [0.1, 0.15) is 0 Å². The summed E-state index contributed by atoms with van der Waals surface area (Å²) < 4.78 is 5.50. The molecule has 0 saturated carbocycles. The number of ether oxygens (including phenoxy) is 1. The molecule has 0 spiro atoms. The fourth-order valence-electron chi connectivity index (χ4n) is 12.1. The van der Waals surface area contributed by atoms with Gasteiger partial charge in [-0.3, -0.25) is 9.59 Å². The molecule has 3 N–H and O–H groups in total. The first kappa shape index (κ1) is 82.1. The van der Waals surface area contributed by atoms with E-state index in [0.717, 1.165) is 51.4 Å². The highest BCUT2D eigenvalue weighted by molar-refractivity contribution is 5.76. The summed E-state index contributed by atoms with van der Waals surface area (Å²) in [6.45, 7) is 4.98. The van der Waals surface area contributed by atoms with Crippen LogP contribution in [0, 0.1) is 0 Å². The van der Waals surface area contributed by atoms with E-state index in [0.29, 0.717) is 25.9 Å². The van der Waals surface area contributed by atoms with E-state index >= 15 is 0 Å². The molecule has 6 nitrogen and oxygen atoms in total. The van der Waals surface area contributed by atoms with Crippen molar-refractivity contribution >= 4 is 11.9 Å². The smallest absolute Gasteiger partial charge is 0.305 e. The minimum absolute atomic E-state index is 0.00926. The van der Waals surface area contributed by atoms with Crippen LogP contribution in [0.25, 0.3) is 0 Å². The molecular weight excluding hydrogens is 1030 g/mol. The highest BCUT2D eigenvalue weighted by Crippen LogP contribution is 2.19. The SMILES string of the molecule is CCCCCC/C=C\C/C=C\CCCCCCCCCC(=O)OCCCCCCCCCCCCCC/C=C\CCCCCCCCCCCCCCC(=O)NC(CO)C(O)CCCCCCCCCCCCCCCCCCCCCCC. The number of carbonyl (C=O) groups excluding carboxylic acids is 2. The van der Waals surface area contributed by atoms with Crippen molar-refractivity contribution in [2.45, 2.75) is 437 Å². The van der Waals surface area contributed by atoms with E-state index in [1.807, 2.05) is 0 Å². The standard InChI is InChI=1S/C78H149NO5/c1-3-5-7-9-11-13-15-17-19-21-23-32-35-38-42-46-50-54-58-62-66-70-76(81)75(74-80)79-77(82)71-67-63-59-55-51-47-43-39-36-33-30-28-26-24-25-27-29-31-34-37-41-45-49-53-57-61-65-69-73-84-78(83)72-68-64-60-56-52-48-44-40-22-20-18-16-14-12-10-8-6-4-2/h14,16,20,22,24-25,75-76,80-81H,3-13,15,17-19,21,23,26-74H2,1-2H3,(H,79,82)/b16-14-,22-20-,25-24-. The summed E-state index contributed by atoms with van der Waals surface area (Å²) in [5.74, 6) is -0.0212. The molecule has 2 atom stereocenters. The van der Waals surface area contributed by atoms with Gasteiger partial charge in [-0.1, -0.05) is 365 Å². The van der Waals surface area contributed by atoms with Crippen molar-refractivity contribution in [2.75, 3.05) is 13.2 Å². The van der Waals surface area contributed by atoms with E-state index in [9.17, 15) is 19.8 Å². The second-order valence-electron chi connectivity index (χ2n) is 26.3. The number of aliphatic hydroxyl groups is 2. The molecule has 0 fully saturated rings. The Hall–Kier alpha value is -1.92. The number of nitrogens with one attached hydrogen (secondary N) is 1. The van der Waals surface area contributed by atoms with Crippen LogP contribution in [0.5, 0.6) is 0 Å². The van der Waals surface area contributed by atoms with Crippen LogP contribution >= 0.6 is 0 Å². The van der Waals surface area contributed by atoms with Crippen molar-refractivity contribution in [3.63, 3.8) is 0 Å². The van der Waals surface area contributed by atoms with Crippen molar-refractivity contribution < 1.29 is 24.5 Å². The number of hydrogen-bond acceptors (Lipinski definition) is 5. The molecule has 0 rings (SSSR count). The molecule has 0 aromatic carbocycles. The fraction of sp³-hybridized carbons (Fsp3) is 0.897. The van der Waals surface area contributed by atoms with Crippen molar-refractivity contribution in [3.8, 4) is 0 Å². The Bertz CT molecular complexity index is 1360. The van der Waals surface area contributed by atoms with Gasteiger partial charge in [-0.2, -0.15) is 0 Å². The molecule has 84 heavy (non-hydrogen) atoms. The molecule has 0 aliphatic heterocycles. The Morgan fingerprint density at radius 1 is 0.333 bits per heavy atom. The lowest BCUT2D eigenvalue weighted by Gasteiger charge is -2.22. The van der Waals surface area contributed by atoms with Gasteiger partial charge in [0.25, 0.3) is 0 Å². The number of carbonyl (C=O) groups is 2. The number of amides is 1. The molecule has 0 aromatic rings. The largest absolute Gasteiger partial charge is 0.466 e. The van der Waals surface area contributed by atoms with E-state index < -0.39 is 12.1 Å². The maximum atomic E-state index is 12.6. The van der Waals surface area contributed by atoms with Crippen molar-refractivity contribution in [2.24, 2.45) is 0 Å². The van der Waals surface area contributed by atoms with E-state index in [1.165, 1.54) is 340 Å². The quantitative estimate of drug-likeness (QED) is 0.0320. The van der Waals surface area contributed by atoms with Crippen LogP contribution in [-0.4, -0.2) is 47.4 Å². The third-order valence-corrected chi connectivity index (χ3v) is 17.9. The zero-order valence-corrected chi connectivity index (χ0v) is 56.9. The molecule has 0 saturated heterocycles. The van der Waals surface area contributed by atoms with E-state index in [1.54, 1.807) is 0 Å². The van der Waals surface area contributed by atoms with Gasteiger partial charge in [0.2, 0.25) is 5.91 Å². The Morgan fingerprint density at radius 2 is 0.595 bits per heavy atom. The summed E-state index contributed by atoms with van der Waals surface area (Å²) in [6.07, 6.45) is 95.0. The number of aliphatic hydroxyl groups excluding tert-OH is 2. The highest BCUT2D eigenvalue weighted by atomic mass is 16.5. The van der Waals surface area contributed by atoms with Crippen LogP contribution < -0.4 is 5.32 Å². The second-order valence-corrected chi connectivity index (χ2v) is 26.3. The van der Waals surface area contributed by atoms with Crippen molar-refractivity contribution in [1.82, 2.24) is 5.32 Å². The average Bonchev–Trinajstić information content (AvgIpc) is 3.53. The monoisotopic (exact) mass is 1180 g/mol. The van der Waals surface area contributed by atoms with Gasteiger partial charge in [0.05, 0.1) is 25.4 Å². The highest BCUT2D eigenvalue weighted by Gasteiger charge is 2.20. The lowest BCUT2D eigenvalue weighted by atomic mass is 10.0. The van der Waals surface area contributed by atoms with Crippen LogP contribution in [0.4, 0.5) is 0 Å². The third kappa shape index (κ3) is 69.2. The van der Waals surface area contributed by atoms with E-state index in [2.05, 4.69) is 55.6 Å². The van der Waals surface area contributed by atoms with Crippen molar-refractivity contribution in [3.05, 3.63) is 36.5 Å². The van der Waals surface area contributed by atoms with Crippen LogP contribution in [0.15, 0.2) is 36.5 Å². The topological polar surface area (TPSA) is 95.9 Å². The lowest BCUT2D eigenvalue weighted by molar-refractivity contribution is -0.143. The minimum Gasteiger partial charge on any atom is -0.466 e. The second kappa shape index (κ2) is 73.5. The first-order valence-corrected chi connectivity index (χ1v) is 38.2. The van der Waals surface area contributed by atoms with Crippen LogP contribution in [0.1, 0.15) is 425 Å². The first-order valence-electron chi connectivity index (χ1n) is 38.2. The molecule has 0 bridgehead atoms. The predicted molar refractivity (Wildman–Crippen MR) is 370 cm³/mol. The van der Waals surface area contributed by atoms with E-state index in [4.69, 9.17) is 4.74 Å². The molecule has 496 valence electrons. The molecular formula is C78H149NO5. The summed E-state index contributed by atoms with van der Waals surface area (Å²) in [7, 11) is 0. The summed E-state index contributed by atoms with van der Waals surface area (Å²) in [5.41, 5.74) is 0. The summed E-state index contributed by atoms with van der Waals surface area (Å²) in [6, 6.07) is -0.543. The number of rotatable bonds is 72. The molecule has 0 aliphatic carbocycles. The Labute approximate surface area is 525 Å². The number of hydrogen-bond donors (Lipinski definition) is 3. The molecule has 0 heterocycles. The van der Waals surface area contributed by atoms with Gasteiger partial charge >= 0.3 is 5.97 Å². The predicted octanol–water partition coefficient (Wildman–Crippen LogP) is 25.0. The summed E-state index contributed by atoms with van der Waals surface area (Å²) >= 11 is 0. The first-order chi connectivity index (χ1) is 41.5. The van der Waals surface area contributed by atoms with Crippen LogP contribution in [0.2, 0.25) is 0 Å². The lowest BCUT2D eigenvalue weighted by Crippen LogP contribution is -2.45. The van der Waals surface area contributed by atoms with Gasteiger partial charge in [-0.05, 0) is 83.5 Å². The van der Waals surface area contributed by atoms with Gasteiger partial charge in [0, 0.05) is 12.8 Å². The fourth-order valence-corrected chi connectivity index (χ4v) is 12.1. The number of esters is 1.